The van der Waals surface area contributed by atoms with Crippen LogP contribution >= 0.6 is 0 Å². The summed E-state index contributed by atoms with van der Waals surface area (Å²) in [6, 6.07) is 1.95. The lowest BCUT2D eigenvalue weighted by Gasteiger charge is -2.31. The molecule has 0 aliphatic heterocycles. The molecule has 1 aliphatic carbocycles. The number of rotatable bonds is 6. The van der Waals surface area contributed by atoms with Crippen molar-refractivity contribution in [2.45, 2.75) is 64.4 Å². The second kappa shape index (κ2) is 6.98. The maximum atomic E-state index is 10.3. The van der Waals surface area contributed by atoms with Gasteiger partial charge in [-0.2, -0.15) is 0 Å². The Morgan fingerprint density at radius 2 is 2.11 bits per heavy atom. The van der Waals surface area contributed by atoms with Crippen LogP contribution in [0.4, 0.5) is 0 Å². The van der Waals surface area contributed by atoms with Crippen molar-refractivity contribution in [2.24, 2.45) is 11.8 Å². The maximum absolute atomic E-state index is 10.3. The van der Waals surface area contributed by atoms with Gasteiger partial charge in [0, 0.05) is 6.42 Å². The highest BCUT2D eigenvalue weighted by Gasteiger charge is 2.26. The lowest BCUT2D eigenvalue weighted by molar-refractivity contribution is 0.0725. The summed E-state index contributed by atoms with van der Waals surface area (Å²) >= 11 is 0. The lowest BCUT2D eigenvalue weighted by Crippen LogP contribution is -2.27. The molecule has 18 heavy (non-hydrogen) atoms. The topological polar surface area (TPSA) is 33.4 Å². The zero-order valence-corrected chi connectivity index (χ0v) is 11.5. The molecule has 0 saturated heterocycles. The highest BCUT2D eigenvalue weighted by molar-refractivity contribution is 5.07. The molecule has 1 aromatic rings. The Hall–Kier alpha value is -0.760. The molecule has 102 valence electrons. The Kier molecular flexibility index (Phi) is 5.30. The van der Waals surface area contributed by atoms with Crippen LogP contribution in [0.3, 0.4) is 0 Å². The molecule has 0 amide bonds. The molecule has 1 atom stereocenters. The third kappa shape index (κ3) is 3.88. The van der Waals surface area contributed by atoms with Gasteiger partial charge in [0.1, 0.15) is 0 Å². The van der Waals surface area contributed by atoms with Gasteiger partial charge in [-0.25, -0.2) is 0 Å². The normalized spacial score (nSPS) is 26.1. The Balaban J connectivity index is 1.72. The van der Waals surface area contributed by atoms with Crippen molar-refractivity contribution in [3.63, 3.8) is 0 Å². The molecule has 0 spiro atoms. The summed E-state index contributed by atoms with van der Waals surface area (Å²) in [7, 11) is 0. The van der Waals surface area contributed by atoms with E-state index < -0.39 is 0 Å². The Morgan fingerprint density at radius 3 is 2.72 bits per heavy atom. The van der Waals surface area contributed by atoms with E-state index in [2.05, 4.69) is 6.92 Å². The van der Waals surface area contributed by atoms with Gasteiger partial charge in [-0.05, 0) is 36.3 Å². The summed E-state index contributed by atoms with van der Waals surface area (Å²) in [6.45, 7) is 2.26. The predicted octanol–water partition coefficient (Wildman–Crippen LogP) is 4.18. The van der Waals surface area contributed by atoms with E-state index in [4.69, 9.17) is 4.42 Å². The molecule has 0 radical (unpaired) electrons. The highest BCUT2D eigenvalue weighted by atomic mass is 16.3. The molecular weight excluding hydrogens is 224 g/mol. The smallest absolute Gasteiger partial charge is 0.0935 e. The molecule has 1 saturated carbocycles. The van der Waals surface area contributed by atoms with Crippen LogP contribution in [-0.4, -0.2) is 11.2 Å². The fourth-order valence-electron chi connectivity index (χ4n) is 3.17. The first-order valence-corrected chi connectivity index (χ1v) is 7.48. The molecule has 1 unspecified atom stereocenters. The van der Waals surface area contributed by atoms with E-state index in [1.54, 1.807) is 12.5 Å². The van der Waals surface area contributed by atoms with Gasteiger partial charge in [0.15, 0.2) is 0 Å². The van der Waals surface area contributed by atoms with Crippen LogP contribution < -0.4 is 0 Å². The van der Waals surface area contributed by atoms with Crippen molar-refractivity contribution in [3.05, 3.63) is 24.2 Å². The third-order valence-electron chi connectivity index (χ3n) is 4.43. The summed E-state index contributed by atoms with van der Waals surface area (Å²) in [4.78, 5) is 0. The minimum atomic E-state index is -0.185. The maximum Gasteiger partial charge on any atom is 0.0935 e. The van der Waals surface area contributed by atoms with Crippen molar-refractivity contribution in [3.8, 4) is 0 Å². The molecule has 0 bridgehead atoms. The van der Waals surface area contributed by atoms with Crippen LogP contribution in [0.5, 0.6) is 0 Å². The van der Waals surface area contributed by atoms with Gasteiger partial charge >= 0.3 is 0 Å². The fraction of sp³-hybridized carbons (Fsp3) is 0.750. The standard InChI is InChI=1S/C16H26O2/c1-2-3-4-13-5-7-15(8-6-13)16(17)11-14-9-10-18-12-14/h9-10,12-13,15-17H,2-8,11H2,1H3. The molecular formula is C16H26O2. The molecule has 1 aliphatic rings. The zero-order valence-electron chi connectivity index (χ0n) is 11.5. The molecule has 1 N–H and O–H groups in total. The highest BCUT2D eigenvalue weighted by Crippen LogP contribution is 2.34. The average Bonchev–Trinajstić information content (AvgIpc) is 2.89. The number of aliphatic hydroxyl groups is 1. The summed E-state index contributed by atoms with van der Waals surface area (Å²) in [5.41, 5.74) is 1.12. The zero-order chi connectivity index (χ0) is 12.8. The van der Waals surface area contributed by atoms with Gasteiger partial charge < -0.3 is 9.52 Å². The molecule has 2 rings (SSSR count). The van der Waals surface area contributed by atoms with Gasteiger partial charge in [0.2, 0.25) is 0 Å². The Bertz CT molecular complexity index is 310. The second-order valence-corrected chi connectivity index (χ2v) is 5.83. The number of aliphatic hydroxyl groups excluding tert-OH is 1. The van der Waals surface area contributed by atoms with E-state index in [9.17, 15) is 5.11 Å². The van der Waals surface area contributed by atoms with Crippen LogP contribution in [0.2, 0.25) is 0 Å². The van der Waals surface area contributed by atoms with Gasteiger partial charge in [0.25, 0.3) is 0 Å². The van der Waals surface area contributed by atoms with Crippen LogP contribution in [0, 0.1) is 11.8 Å². The Labute approximate surface area is 110 Å². The summed E-state index contributed by atoms with van der Waals surface area (Å²) in [5.74, 6) is 1.42. The monoisotopic (exact) mass is 250 g/mol. The van der Waals surface area contributed by atoms with Crippen LogP contribution in [0.1, 0.15) is 57.4 Å². The fourth-order valence-corrected chi connectivity index (χ4v) is 3.17. The van der Waals surface area contributed by atoms with Crippen molar-refractivity contribution in [1.29, 1.82) is 0 Å². The minimum Gasteiger partial charge on any atom is -0.472 e. The van der Waals surface area contributed by atoms with Gasteiger partial charge in [0.05, 0.1) is 18.6 Å². The first-order valence-electron chi connectivity index (χ1n) is 7.48. The van der Waals surface area contributed by atoms with Crippen molar-refractivity contribution >= 4 is 0 Å². The largest absolute Gasteiger partial charge is 0.472 e. The van der Waals surface area contributed by atoms with Gasteiger partial charge in [-0.15, -0.1) is 0 Å². The van der Waals surface area contributed by atoms with E-state index in [1.165, 1.54) is 44.9 Å². The molecule has 1 heterocycles. The Morgan fingerprint density at radius 1 is 1.33 bits per heavy atom. The average molecular weight is 250 g/mol. The van der Waals surface area contributed by atoms with E-state index in [1.807, 2.05) is 6.07 Å². The number of unbranched alkanes of at least 4 members (excludes halogenated alkanes) is 1. The van der Waals surface area contributed by atoms with Crippen LogP contribution in [0.25, 0.3) is 0 Å². The SMILES string of the molecule is CCCCC1CCC(C(O)Cc2ccoc2)CC1. The predicted molar refractivity (Wildman–Crippen MR) is 73.4 cm³/mol. The molecule has 1 fully saturated rings. The molecule has 2 nitrogen and oxygen atoms in total. The van der Waals surface area contributed by atoms with E-state index >= 15 is 0 Å². The van der Waals surface area contributed by atoms with Crippen molar-refractivity contribution in [1.82, 2.24) is 0 Å². The van der Waals surface area contributed by atoms with Crippen LogP contribution in [-0.2, 0) is 6.42 Å². The van der Waals surface area contributed by atoms with Gasteiger partial charge in [-0.1, -0.05) is 39.0 Å². The molecule has 1 aromatic heterocycles. The first kappa shape index (κ1) is 13.7. The number of hydrogen-bond acceptors (Lipinski definition) is 2. The number of hydrogen-bond donors (Lipinski definition) is 1. The van der Waals surface area contributed by atoms with Crippen molar-refractivity contribution in [2.75, 3.05) is 0 Å². The van der Waals surface area contributed by atoms with Crippen LogP contribution in [0.15, 0.2) is 23.0 Å². The number of furan rings is 1. The van der Waals surface area contributed by atoms with Crippen molar-refractivity contribution < 1.29 is 9.52 Å². The van der Waals surface area contributed by atoms with Gasteiger partial charge in [-0.3, -0.25) is 0 Å². The quantitative estimate of drug-likeness (QED) is 0.821. The second-order valence-electron chi connectivity index (χ2n) is 5.83. The summed E-state index contributed by atoms with van der Waals surface area (Å²) in [6.07, 6.45) is 13.1. The van der Waals surface area contributed by atoms with E-state index in [0.29, 0.717) is 5.92 Å². The lowest BCUT2D eigenvalue weighted by atomic mass is 9.77. The minimum absolute atomic E-state index is 0.185. The first-order chi connectivity index (χ1) is 8.79. The third-order valence-corrected chi connectivity index (χ3v) is 4.43. The molecule has 2 heteroatoms. The van der Waals surface area contributed by atoms with E-state index in [0.717, 1.165) is 17.9 Å². The summed E-state index contributed by atoms with van der Waals surface area (Å²) < 4.78 is 5.05. The summed E-state index contributed by atoms with van der Waals surface area (Å²) in [5, 5.41) is 10.3. The van der Waals surface area contributed by atoms with E-state index in [-0.39, 0.29) is 6.10 Å². The molecule has 0 aromatic carbocycles.